The van der Waals surface area contributed by atoms with Crippen molar-refractivity contribution < 1.29 is 4.74 Å². The van der Waals surface area contributed by atoms with Gasteiger partial charge in [0.05, 0.1) is 12.1 Å². The fraction of sp³-hybridized carbons (Fsp3) is 0.375. The molecule has 0 saturated carbocycles. The van der Waals surface area contributed by atoms with Gasteiger partial charge in [-0.3, -0.25) is 4.98 Å². The molecule has 0 saturated heterocycles. The summed E-state index contributed by atoms with van der Waals surface area (Å²) in [5, 5.41) is 9.56. The summed E-state index contributed by atoms with van der Waals surface area (Å²) in [6.45, 7) is 4.66. The van der Waals surface area contributed by atoms with Crippen LogP contribution in [-0.2, 0) is 4.74 Å². The molecule has 0 aliphatic rings. The Balaban J connectivity index is 2.55. The van der Waals surface area contributed by atoms with E-state index in [1.807, 2.05) is 13.0 Å². The second kappa shape index (κ2) is 6.63. The molecule has 1 heterocycles. The number of hydrogen-bond acceptors (Lipinski definition) is 3. The van der Waals surface area contributed by atoms with E-state index in [9.17, 15) is 0 Å². The molecule has 0 bridgehead atoms. The van der Waals surface area contributed by atoms with Crippen LogP contribution in [0.1, 0.15) is 24.6 Å². The third-order valence-corrected chi connectivity index (χ3v) is 4.13. The molecule has 1 N–H and O–H groups in total. The Morgan fingerprint density at radius 3 is 2.80 bits per heavy atom. The van der Waals surface area contributed by atoms with Crippen molar-refractivity contribution in [2.75, 3.05) is 13.7 Å². The molecule has 0 unspecified atom stereocenters. The number of fused-ring (bicyclic) bond motifs is 1. The molecule has 2 rings (SSSR count). The van der Waals surface area contributed by atoms with Gasteiger partial charge in [-0.2, -0.15) is 0 Å². The first-order valence-corrected chi connectivity index (χ1v) is 7.79. The van der Waals surface area contributed by atoms with Gasteiger partial charge in [0.15, 0.2) is 0 Å². The fourth-order valence-electron chi connectivity index (χ4n) is 2.38. The maximum Gasteiger partial charge on any atom is 0.0722 e. The minimum atomic E-state index is 0.129. The van der Waals surface area contributed by atoms with Gasteiger partial charge in [0, 0.05) is 39.0 Å². The number of methoxy groups -OCH3 is 1. The monoisotopic (exact) mass is 382 g/mol. The molecule has 0 amide bonds. The summed E-state index contributed by atoms with van der Waals surface area (Å²) in [4.78, 5) is 4.58. The predicted molar refractivity (Wildman–Crippen MR) is 91.7 cm³/mol. The quantitative estimate of drug-likeness (QED) is 0.623. The van der Waals surface area contributed by atoms with Crippen LogP contribution in [0.15, 0.2) is 24.3 Å². The average Bonchev–Trinajstić information content (AvgIpc) is 2.42. The Hall–Kier alpha value is -1.01. The van der Waals surface area contributed by atoms with Crippen molar-refractivity contribution in [2.45, 2.75) is 20.3 Å². The van der Waals surface area contributed by atoms with E-state index < -0.39 is 0 Å². The number of halogens is 1. The van der Waals surface area contributed by atoms with Gasteiger partial charge < -0.3 is 10.1 Å². The summed E-state index contributed by atoms with van der Waals surface area (Å²) in [5.74, 6) is 0.129. The number of ether oxygens (including phenoxy) is 1. The third-order valence-electron chi connectivity index (χ3n) is 3.46. The Morgan fingerprint density at radius 1 is 1.40 bits per heavy atom. The molecule has 106 valence electrons. The number of aryl methyl sites for hydroxylation is 1. The van der Waals surface area contributed by atoms with Crippen LogP contribution in [0.3, 0.4) is 0 Å². The highest BCUT2D eigenvalue weighted by molar-refractivity contribution is 14.1. The van der Waals surface area contributed by atoms with Crippen LogP contribution in [-0.4, -0.2) is 24.4 Å². The van der Waals surface area contributed by atoms with Crippen LogP contribution in [0, 0.1) is 21.8 Å². The number of benzene rings is 1. The smallest absolute Gasteiger partial charge is 0.0722 e. The molecule has 0 spiro atoms. The van der Waals surface area contributed by atoms with E-state index in [0.29, 0.717) is 12.3 Å². The normalized spacial score (nSPS) is 12.6. The first kappa shape index (κ1) is 15.4. The van der Waals surface area contributed by atoms with Gasteiger partial charge in [0.25, 0.3) is 0 Å². The van der Waals surface area contributed by atoms with E-state index in [4.69, 9.17) is 10.1 Å². The minimum absolute atomic E-state index is 0.129. The van der Waals surface area contributed by atoms with E-state index >= 15 is 0 Å². The summed E-state index contributed by atoms with van der Waals surface area (Å²) < 4.78 is 6.40. The highest BCUT2D eigenvalue weighted by Gasteiger charge is 2.17. The number of hydrogen-bond donors (Lipinski definition) is 1. The van der Waals surface area contributed by atoms with Crippen molar-refractivity contribution in [3.63, 3.8) is 0 Å². The topological polar surface area (TPSA) is 46.0 Å². The Kier molecular flexibility index (Phi) is 5.10. The zero-order valence-electron chi connectivity index (χ0n) is 12.0. The second-order valence-corrected chi connectivity index (χ2v) is 6.19. The molecule has 1 aromatic carbocycles. The average molecular weight is 382 g/mol. The highest BCUT2D eigenvalue weighted by atomic mass is 127. The molecule has 4 heteroatoms. The Morgan fingerprint density at radius 2 is 2.15 bits per heavy atom. The van der Waals surface area contributed by atoms with Crippen LogP contribution in [0.5, 0.6) is 0 Å². The first-order chi connectivity index (χ1) is 9.56. The van der Waals surface area contributed by atoms with Crippen molar-refractivity contribution in [1.29, 1.82) is 5.41 Å². The van der Waals surface area contributed by atoms with Crippen LogP contribution in [0.2, 0.25) is 0 Å². The first-order valence-electron chi connectivity index (χ1n) is 6.71. The lowest BCUT2D eigenvalue weighted by molar-refractivity contribution is 0.174. The van der Waals surface area contributed by atoms with E-state index in [2.05, 4.69) is 52.7 Å². The Bertz CT molecular complexity index is 634. The van der Waals surface area contributed by atoms with E-state index in [1.165, 1.54) is 0 Å². The lowest BCUT2D eigenvalue weighted by Crippen LogP contribution is -2.19. The van der Waals surface area contributed by atoms with E-state index in [-0.39, 0.29) is 5.92 Å². The summed E-state index contributed by atoms with van der Waals surface area (Å²) in [7, 11) is 1.69. The number of aromatic nitrogens is 1. The van der Waals surface area contributed by atoms with Crippen molar-refractivity contribution in [1.82, 2.24) is 4.98 Å². The summed E-state index contributed by atoms with van der Waals surface area (Å²) in [5.41, 5.74) is 3.54. The standard InChI is InChI=1S/C16H19IN2O/c1-4-11(9-20-3)16(18)14-7-10(2)19-15-8-12(17)5-6-13(14)15/h5-8,11,18H,4,9H2,1-3H3/t11-/m1/s1. The van der Waals surface area contributed by atoms with Gasteiger partial charge in [0.2, 0.25) is 0 Å². The molecule has 0 radical (unpaired) electrons. The van der Waals surface area contributed by atoms with Gasteiger partial charge in [-0.15, -0.1) is 0 Å². The van der Waals surface area contributed by atoms with Gasteiger partial charge in [-0.25, -0.2) is 0 Å². The summed E-state index contributed by atoms with van der Waals surface area (Å²) in [6.07, 6.45) is 0.903. The maximum atomic E-state index is 8.51. The van der Waals surface area contributed by atoms with E-state index in [0.717, 1.165) is 32.2 Å². The number of pyridine rings is 1. The molecule has 2 aromatic rings. The molecule has 1 atom stereocenters. The third kappa shape index (κ3) is 3.17. The zero-order valence-corrected chi connectivity index (χ0v) is 14.2. The van der Waals surface area contributed by atoms with Crippen molar-refractivity contribution >= 4 is 39.2 Å². The molecule has 0 fully saturated rings. The molecule has 0 aliphatic heterocycles. The SMILES string of the molecule is CC[C@H](COC)C(=N)c1cc(C)nc2cc(I)ccc12. The van der Waals surface area contributed by atoms with Crippen molar-refractivity contribution in [3.8, 4) is 0 Å². The largest absolute Gasteiger partial charge is 0.384 e. The minimum Gasteiger partial charge on any atom is -0.384 e. The predicted octanol–water partition coefficient (Wildman–Crippen LogP) is 4.19. The van der Waals surface area contributed by atoms with Crippen LogP contribution in [0.4, 0.5) is 0 Å². The molecule has 3 nitrogen and oxygen atoms in total. The highest BCUT2D eigenvalue weighted by Crippen LogP contribution is 2.24. The van der Waals surface area contributed by atoms with Crippen molar-refractivity contribution in [2.24, 2.45) is 5.92 Å². The van der Waals surface area contributed by atoms with Crippen molar-refractivity contribution in [3.05, 3.63) is 39.1 Å². The summed E-state index contributed by atoms with van der Waals surface area (Å²) >= 11 is 2.29. The number of rotatable bonds is 5. The maximum absolute atomic E-state index is 8.51. The number of nitrogens with zero attached hydrogens (tertiary/aromatic N) is 1. The summed E-state index contributed by atoms with van der Waals surface area (Å²) in [6, 6.07) is 8.20. The number of nitrogens with one attached hydrogen (secondary N) is 1. The molecule has 1 aromatic heterocycles. The zero-order chi connectivity index (χ0) is 14.7. The molecule has 0 aliphatic carbocycles. The van der Waals surface area contributed by atoms with Gasteiger partial charge in [-0.1, -0.05) is 13.0 Å². The van der Waals surface area contributed by atoms with Gasteiger partial charge >= 0.3 is 0 Å². The van der Waals surface area contributed by atoms with Crippen LogP contribution >= 0.6 is 22.6 Å². The van der Waals surface area contributed by atoms with Crippen LogP contribution < -0.4 is 0 Å². The molecular formula is C16H19IN2O. The van der Waals surface area contributed by atoms with Crippen LogP contribution in [0.25, 0.3) is 10.9 Å². The van der Waals surface area contributed by atoms with Gasteiger partial charge in [-0.05, 0) is 54.1 Å². The molecular weight excluding hydrogens is 363 g/mol. The Labute approximate surface area is 133 Å². The second-order valence-electron chi connectivity index (χ2n) is 4.95. The fourth-order valence-corrected chi connectivity index (χ4v) is 2.86. The molecule has 20 heavy (non-hydrogen) atoms. The van der Waals surface area contributed by atoms with E-state index in [1.54, 1.807) is 7.11 Å². The lowest BCUT2D eigenvalue weighted by Gasteiger charge is -2.17. The lowest BCUT2D eigenvalue weighted by atomic mass is 9.92. The van der Waals surface area contributed by atoms with Gasteiger partial charge in [0.1, 0.15) is 0 Å².